The highest BCUT2D eigenvalue weighted by molar-refractivity contribution is 6.22. The van der Waals surface area contributed by atoms with E-state index in [9.17, 15) is 8.78 Å². The minimum Gasteiger partial charge on any atom is -0.204 e. The monoisotopic (exact) mass is 266 g/mol. The molecular weight excluding hydrogens is 254 g/mol. The third-order valence-electron chi connectivity index (χ3n) is 3.06. The first-order valence-electron chi connectivity index (χ1n) is 5.65. The first-order chi connectivity index (χ1) is 8.49. The Balaban J connectivity index is 2.37. The van der Waals surface area contributed by atoms with Crippen molar-refractivity contribution in [2.45, 2.75) is 19.2 Å². The maximum atomic E-state index is 13.2. The Hall–Kier alpha value is -1.41. The summed E-state index contributed by atoms with van der Waals surface area (Å²) in [7, 11) is 0. The molecule has 0 aliphatic carbocycles. The zero-order chi connectivity index (χ0) is 13.3. The number of alkyl halides is 1. The fourth-order valence-corrected chi connectivity index (χ4v) is 2.06. The van der Waals surface area contributed by atoms with Gasteiger partial charge in [-0.15, -0.1) is 11.6 Å². The van der Waals surface area contributed by atoms with E-state index in [1.165, 1.54) is 11.6 Å². The molecule has 0 saturated carbocycles. The van der Waals surface area contributed by atoms with Gasteiger partial charge >= 0.3 is 0 Å². The van der Waals surface area contributed by atoms with Crippen LogP contribution in [0, 0.1) is 25.5 Å². The summed E-state index contributed by atoms with van der Waals surface area (Å²) in [6.45, 7) is 4.01. The molecular formula is C15H13ClF2. The number of benzene rings is 2. The predicted octanol–water partition coefficient (Wildman–Crippen LogP) is 4.91. The second-order valence-corrected chi connectivity index (χ2v) is 4.82. The summed E-state index contributed by atoms with van der Waals surface area (Å²) in [6.07, 6.45) is 0. The summed E-state index contributed by atoms with van der Waals surface area (Å²) in [6, 6.07) is 9.59. The van der Waals surface area contributed by atoms with Gasteiger partial charge in [-0.05, 0) is 48.2 Å². The van der Waals surface area contributed by atoms with E-state index in [1.807, 2.05) is 32.0 Å². The Kier molecular flexibility index (Phi) is 3.67. The summed E-state index contributed by atoms with van der Waals surface area (Å²) < 4.78 is 26.0. The molecule has 0 spiro atoms. The maximum Gasteiger partial charge on any atom is 0.159 e. The van der Waals surface area contributed by atoms with Crippen molar-refractivity contribution in [3.8, 4) is 0 Å². The summed E-state index contributed by atoms with van der Waals surface area (Å²) in [5, 5.41) is -0.473. The van der Waals surface area contributed by atoms with E-state index in [0.717, 1.165) is 23.3 Å². The number of rotatable bonds is 2. The van der Waals surface area contributed by atoms with Gasteiger partial charge in [0.2, 0.25) is 0 Å². The molecule has 0 nitrogen and oxygen atoms in total. The van der Waals surface area contributed by atoms with Gasteiger partial charge in [-0.1, -0.05) is 24.3 Å². The van der Waals surface area contributed by atoms with E-state index in [1.54, 1.807) is 0 Å². The SMILES string of the molecule is Cc1ccc(C(Cl)c2ccc(F)c(F)c2)cc1C. The minimum atomic E-state index is -0.873. The Labute approximate surface area is 110 Å². The molecule has 1 atom stereocenters. The lowest BCUT2D eigenvalue weighted by atomic mass is 10.00. The summed E-state index contributed by atoms with van der Waals surface area (Å²) in [5.41, 5.74) is 3.73. The van der Waals surface area contributed by atoms with E-state index in [-0.39, 0.29) is 0 Å². The van der Waals surface area contributed by atoms with Gasteiger partial charge < -0.3 is 0 Å². The molecule has 0 aromatic heterocycles. The van der Waals surface area contributed by atoms with Crippen LogP contribution in [0.15, 0.2) is 36.4 Å². The van der Waals surface area contributed by atoms with Gasteiger partial charge in [0, 0.05) is 0 Å². The molecule has 3 heteroatoms. The Bertz CT molecular complexity index is 527. The standard InChI is InChI=1S/C15H13ClF2/c1-9-3-4-11(7-10(9)2)15(16)12-5-6-13(17)14(18)8-12/h3-8,15H,1-2H3. The minimum absolute atomic E-state index is 0.473. The fourth-order valence-electron chi connectivity index (χ4n) is 1.78. The molecule has 18 heavy (non-hydrogen) atoms. The predicted molar refractivity (Wildman–Crippen MR) is 70.0 cm³/mol. The quantitative estimate of drug-likeness (QED) is 0.678. The second kappa shape index (κ2) is 5.07. The van der Waals surface area contributed by atoms with Crippen LogP contribution in [0.5, 0.6) is 0 Å². The van der Waals surface area contributed by atoms with Crippen LogP contribution in [0.3, 0.4) is 0 Å². The van der Waals surface area contributed by atoms with Crippen molar-refractivity contribution in [1.29, 1.82) is 0 Å². The zero-order valence-electron chi connectivity index (χ0n) is 10.2. The molecule has 0 saturated heterocycles. The van der Waals surface area contributed by atoms with Crippen LogP contribution in [-0.2, 0) is 0 Å². The maximum absolute atomic E-state index is 13.2. The highest BCUT2D eigenvalue weighted by Gasteiger charge is 2.13. The van der Waals surface area contributed by atoms with Crippen LogP contribution in [-0.4, -0.2) is 0 Å². The highest BCUT2D eigenvalue weighted by Crippen LogP contribution is 2.30. The molecule has 0 N–H and O–H groups in total. The van der Waals surface area contributed by atoms with Gasteiger partial charge in [-0.25, -0.2) is 8.78 Å². The number of halogens is 3. The van der Waals surface area contributed by atoms with E-state index in [4.69, 9.17) is 11.6 Å². The third kappa shape index (κ3) is 2.54. The molecule has 0 bridgehead atoms. The van der Waals surface area contributed by atoms with E-state index >= 15 is 0 Å². The van der Waals surface area contributed by atoms with Crippen molar-refractivity contribution < 1.29 is 8.78 Å². The van der Waals surface area contributed by atoms with E-state index < -0.39 is 17.0 Å². The van der Waals surface area contributed by atoms with Crippen molar-refractivity contribution in [1.82, 2.24) is 0 Å². The van der Waals surface area contributed by atoms with Gasteiger partial charge in [-0.3, -0.25) is 0 Å². The van der Waals surface area contributed by atoms with Crippen LogP contribution in [0.1, 0.15) is 27.6 Å². The molecule has 1 unspecified atom stereocenters. The van der Waals surface area contributed by atoms with Gasteiger partial charge in [0.25, 0.3) is 0 Å². The van der Waals surface area contributed by atoms with Gasteiger partial charge in [0.1, 0.15) is 0 Å². The second-order valence-electron chi connectivity index (χ2n) is 4.38. The topological polar surface area (TPSA) is 0 Å². The van der Waals surface area contributed by atoms with Crippen molar-refractivity contribution in [2.24, 2.45) is 0 Å². The Morgan fingerprint density at radius 3 is 2.06 bits per heavy atom. The molecule has 0 radical (unpaired) electrons. The summed E-state index contributed by atoms with van der Waals surface area (Å²) >= 11 is 6.29. The largest absolute Gasteiger partial charge is 0.204 e. The Morgan fingerprint density at radius 1 is 0.833 bits per heavy atom. The third-order valence-corrected chi connectivity index (χ3v) is 3.56. The van der Waals surface area contributed by atoms with Crippen LogP contribution < -0.4 is 0 Å². The smallest absolute Gasteiger partial charge is 0.159 e. The lowest BCUT2D eigenvalue weighted by Crippen LogP contribution is -1.97. The average molecular weight is 267 g/mol. The van der Waals surface area contributed by atoms with Crippen LogP contribution in [0.4, 0.5) is 8.78 Å². The first-order valence-corrected chi connectivity index (χ1v) is 6.09. The highest BCUT2D eigenvalue weighted by atomic mass is 35.5. The molecule has 0 aliphatic heterocycles. The Morgan fingerprint density at radius 2 is 1.44 bits per heavy atom. The number of hydrogen-bond acceptors (Lipinski definition) is 0. The number of hydrogen-bond donors (Lipinski definition) is 0. The molecule has 2 aromatic rings. The molecule has 2 aromatic carbocycles. The molecule has 0 heterocycles. The van der Waals surface area contributed by atoms with Crippen LogP contribution >= 0.6 is 11.6 Å². The van der Waals surface area contributed by atoms with Gasteiger partial charge in [0.05, 0.1) is 5.38 Å². The molecule has 0 fully saturated rings. The molecule has 2 rings (SSSR count). The summed E-state index contributed by atoms with van der Waals surface area (Å²) in [5.74, 6) is -1.73. The van der Waals surface area contributed by atoms with Crippen molar-refractivity contribution >= 4 is 11.6 Å². The van der Waals surface area contributed by atoms with E-state index in [2.05, 4.69) is 0 Å². The average Bonchev–Trinajstić information content (AvgIpc) is 2.35. The zero-order valence-corrected chi connectivity index (χ0v) is 10.9. The lowest BCUT2D eigenvalue weighted by molar-refractivity contribution is 0.507. The summed E-state index contributed by atoms with van der Waals surface area (Å²) in [4.78, 5) is 0. The van der Waals surface area contributed by atoms with Crippen LogP contribution in [0.2, 0.25) is 0 Å². The van der Waals surface area contributed by atoms with Crippen molar-refractivity contribution in [3.63, 3.8) is 0 Å². The van der Waals surface area contributed by atoms with Crippen molar-refractivity contribution in [3.05, 3.63) is 70.3 Å². The van der Waals surface area contributed by atoms with E-state index in [0.29, 0.717) is 5.56 Å². The van der Waals surface area contributed by atoms with Gasteiger partial charge in [0.15, 0.2) is 11.6 Å². The lowest BCUT2D eigenvalue weighted by Gasteiger charge is -2.12. The molecule has 0 amide bonds. The van der Waals surface area contributed by atoms with Gasteiger partial charge in [-0.2, -0.15) is 0 Å². The molecule has 0 aliphatic rings. The normalized spacial score (nSPS) is 12.5. The van der Waals surface area contributed by atoms with Crippen LogP contribution in [0.25, 0.3) is 0 Å². The fraction of sp³-hybridized carbons (Fsp3) is 0.200. The molecule has 94 valence electrons. The first kappa shape index (κ1) is 13.0. The number of aryl methyl sites for hydroxylation is 2. The van der Waals surface area contributed by atoms with Crippen molar-refractivity contribution in [2.75, 3.05) is 0 Å².